The molecule has 102 valence electrons. The van der Waals surface area contributed by atoms with Crippen molar-refractivity contribution >= 4 is 28.1 Å². The monoisotopic (exact) mass is 301 g/mol. The van der Waals surface area contributed by atoms with Gasteiger partial charge in [-0.25, -0.2) is 4.98 Å². The van der Waals surface area contributed by atoms with E-state index >= 15 is 0 Å². The molecule has 3 nitrogen and oxygen atoms in total. The predicted octanol–water partition coefficient (Wildman–Crippen LogP) is 3.72. The van der Waals surface area contributed by atoms with Gasteiger partial charge in [-0.3, -0.25) is 4.40 Å². The van der Waals surface area contributed by atoms with Gasteiger partial charge in [0.25, 0.3) is 0 Å². The van der Waals surface area contributed by atoms with Crippen LogP contribution in [0.1, 0.15) is 23.7 Å². The Morgan fingerprint density at radius 3 is 3.25 bits per heavy atom. The summed E-state index contributed by atoms with van der Waals surface area (Å²) in [5.41, 5.74) is 2.55. The minimum absolute atomic E-state index is 0.451. The second kappa shape index (κ2) is 5.24. The Hall–Kier alpha value is -1.30. The van der Waals surface area contributed by atoms with Gasteiger partial charge in [0.1, 0.15) is 0 Å². The summed E-state index contributed by atoms with van der Waals surface area (Å²) in [6.07, 6.45) is 5.36. The molecule has 4 rings (SSSR count). The fourth-order valence-electron chi connectivity index (χ4n) is 2.64. The Balaban J connectivity index is 1.51. The maximum atomic E-state index is 4.63. The van der Waals surface area contributed by atoms with E-state index in [1.165, 1.54) is 22.6 Å². The number of hydrogen-bond acceptors (Lipinski definition) is 4. The van der Waals surface area contributed by atoms with Crippen molar-refractivity contribution in [1.29, 1.82) is 0 Å². The van der Waals surface area contributed by atoms with Gasteiger partial charge in [0.05, 0.1) is 5.69 Å². The maximum absolute atomic E-state index is 4.63. The molecule has 1 unspecified atom stereocenters. The zero-order chi connectivity index (χ0) is 13.4. The van der Waals surface area contributed by atoms with E-state index < -0.39 is 0 Å². The van der Waals surface area contributed by atoms with Crippen LogP contribution >= 0.6 is 23.1 Å². The number of nitrogens with zero attached hydrogens (tertiary/aromatic N) is 2. The lowest BCUT2D eigenvalue weighted by Crippen LogP contribution is -2.24. The van der Waals surface area contributed by atoms with Gasteiger partial charge in [0, 0.05) is 35.3 Å². The second-order valence-corrected chi connectivity index (χ2v) is 6.94. The smallest absolute Gasteiger partial charge is 0.193 e. The molecule has 1 aliphatic rings. The first kappa shape index (κ1) is 12.4. The zero-order valence-corrected chi connectivity index (χ0v) is 12.6. The van der Waals surface area contributed by atoms with E-state index in [1.807, 2.05) is 11.8 Å². The predicted molar refractivity (Wildman–Crippen MR) is 84.4 cm³/mol. The Morgan fingerprint density at radius 1 is 1.35 bits per heavy atom. The van der Waals surface area contributed by atoms with Crippen molar-refractivity contribution in [2.45, 2.75) is 23.9 Å². The minimum atomic E-state index is 0.451. The molecular weight excluding hydrogens is 286 g/mol. The normalized spacial score (nSPS) is 18.3. The molecule has 0 saturated carbocycles. The highest BCUT2D eigenvalue weighted by atomic mass is 32.2. The lowest BCUT2D eigenvalue weighted by Gasteiger charge is -2.25. The molecule has 0 amide bonds. The van der Waals surface area contributed by atoms with Crippen LogP contribution in [-0.4, -0.2) is 15.1 Å². The summed E-state index contributed by atoms with van der Waals surface area (Å²) in [4.78, 5) is 7.12. The highest BCUT2D eigenvalue weighted by Gasteiger charge is 2.19. The van der Waals surface area contributed by atoms with E-state index in [2.05, 4.69) is 56.7 Å². The molecular formula is C15H15N3S2. The van der Waals surface area contributed by atoms with E-state index in [0.29, 0.717) is 6.04 Å². The fourth-order valence-corrected chi connectivity index (χ4v) is 4.49. The number of thiazole rings is 1. The topological polar surface area (TPSA) is 29.3 Å². The van der Waals surface area contributed by atoms with E-state index in [0.717, 1.165) is 17.2 Å². The van der Waals surface area contributed by atoms with Crippen molar-refractivity contribution in [3.8, 4) is 0 Å². The van der Waals surface area contributed by atoms with Gasteiger partial charge >= 0.3 is 0 Å². The number of fused-ring (bicyclic) bond motifs is 2. The van der Waals surface area contributed by atoms with Gasteiger partial charge in [0.2, 0.25) is 0 Å². The van der Waals surface area contributed by atoms with Crippen LogP contribution in [0.15, 0.2) is 46.9 Å². The van der Waals surface area contributed by atoms with Crippen LogP contribution in [0.2, 0.25) is 0 Å². The van der Waals surface area contributed by atoms with Crippen LogP contribution < -0.4 is 5.32 Å². The minimum Gasteiger partial charge on any atom is -0.304 e. The molecule has 0 fully saturated rings. The lowest BCUT2D eigenvalue weighted by molar-refractivity contribution is 0.506. The van der Waals surface area contributed by atoms with Crippen molar-refractivity contribution in [2.75, 3.05) is 5.75 Å². The average Bonchev–Trinajstić information content (AvgIpc) is 3.06. The highest BCUT2D eigenvalue weighted by molar-refractivity contribution is 7.99. The van der Waals surface area contributed by atoms with E-state index in [4.69, 9.17) is 0 Å². The molecule has 0 bridgehead atoms. The first-order valence-corrected chi connectivity index (χ1v) is 8.63. The van der Waals surface area contributed by atoms with Gasteiger partial charge in [-0.05, 0) is 23.8 Å². The Bertz CT molecular complexity index is 703. The van der Waals surface area contributed by atoms with Crippen molar-refractivity contribution < 1.29 is 0 Å². The number of benzene rings is 1. The molecule has 1 atom stereocenters. The average molecular weight is 301 g/mol. The standard InChI is InChI=1S/C15H15N3S2/c1-2-4-14-12(3-1)13(5-7-19-14)16-9-11-10-18-6-8-20-15(18)17-11/h1-4,6,8,10,13,16H,5,7,9H2. The van der Waals surface area contributed by atoms with Crippen LogP contribution in [0.3, 0.4) is 0 Å². The van der Waals surface area contributed by atoms with Crippen molar-refractivity contribution in [3.05, 3.63) is 53.3 Å². The van der Waals surface area contributed by atoms with Crippen LogP contribution in [-0.2, 0) is 6.54 Å². The first-order chi connectivity index (χ1) is 9.90. The highest BCUT2D eigenvalue weighted by Crippen LogP contribution is 2.35. The van der Waals surface area contributed by atoms with Crippen LogP contribution in [0, 0.1) is 0 Å². The van der Waals surface area contributed by atoms with Gasteiger partial charge in [-0.15, -0.1) is 23.1 Å². The number of rotatable bonds is 3. The number of thioether (sulfide) groups is 1. The summed E-state index contributed by atoms with van der Waals surface area (Å²) in [5, 5.41) is 5.72. The summed E-state index contributed by atoms with van der Waals surface area (Å²) in [7, 11) is 0. The molecule has 5 heteroatoms. The van der Waals surface area contributed by atoms with E-state index in [-0.39, 0.29) is 0 Å². The van der Waals surface area contributed by atoms with Crippen molar-refractivity contribution in [1.82, 2.24) is 14.7 Å². The Labute approximate surface area is 126 Å². The molecule has 0 aliphatic carbocycles. The number of hydrogen-bond donors (Lipinski definition) is 1. The van der Waals surface area contributed by atoms with Crippen LogP contribution in [0.5, 0.6) is 0 Å². The third-order valence-electron chi connectivity index (χ3n) is 3.63. The molecule has 1 N–H and O–H groups in total. The fraction of sp³-hybridized carbons (Fsp3) is 0.267. The maximum Gasteiger partial charge on any atom is 0.193 e. The molecule has 1 aromatic carbocycles. The number of nitrogens with one attached hydrogen (secondary N) is 1. The molecule has 0 saturated heterocycles. The van der Waals surface area contributed by atoms with Gasteiger partial charge in [-0.1, -0.05) is 18.2 Å². The molecule has 3 heterocycles. The first-order valence-electron chi connectivity index (χ1n) is 6.76. The zero-order valence-electron chi connectivity index (χ0n) is 11.0. The van der Waals surface area contributed by atoms with Crippen LogP contribution in [0.4, 0.5) is 0 Å². The summed E-state index contributed by atoms with van der Waals surface area (Å²) in [6, 6.07) is 9.17. The van der Waals surface area contributed by atoms with Crippen molar-refractivity contribution in [3.63, 3.8) is 0 Å². The molecule has 2 aromatic heterocycles. The number of aromatic nitrogens is 2. The summed E-state index contributed by atoms with van der Waals surface area (Å²) >= 11 is 3.64. The summed E-state index contributed by atoms with van der Waals surface area (Å²) in [6.45, 7) is 0.831. The Morgan fingerprint density at radius 2 is 2.30 bits per heavy atom. The van der Waals surface area contributed by atoms with E-state index in [9.17, 15) is 0 Å². The third kappa shape index (κ3) is 2.26. The quantitative estimate of drug-likeness (QED) is 0.799. The number of imidazole rings is 1. The lowest BCUT2D eigenvalue weighted by atomic mass is 10.0. The van der Waals surface area contributed by atoms with E-state index in [1.54, 1.807) is 11.3 Å². The van der Waals surface area contributed by atoms with Gasteiger partial charge in [0.15, 0.2) is 4.96 Å². The Kier molecular flexibility index (Phi) is 3.26. The van der Waals surface area contributed by atoms with Gasteiger partial charge < -0.3 is 5.32 Å². The second-order valence-electron chi connectivity index (χ2n) is 4.93. The summed E-state index contributed by atoms with van der Waals surface area (Å²) < 4.78 is 2.09. The SMILES string of the molecule is c1ccc2c(c1)SCCC2NCc1cn2ccsc2n1. The molecule has 20 heavy (non-hydrogen) atoms. The van der Waals surface area contributed by atoms with Gasteiger partial charge in [-0.2, -0.15) is 0 Å². The molecule has 0 spiro atoms. The third-order valence-corrected chi connectivity index (χ3v) is 5.52. The summed E-state index contributed by atoms with van der Waals surface area (Å²) in [5.74, 6) is 1.19. The molecule has 3 aromatic rings. The molecule has 0 radical (unpaired) electrons. The largest absolute Gasteiger partial charge is 0.304 e. The van der Waals surface area contributed by atoms with Crippen LogP contribution in [0.25, 0.3) is 4.96 Å². The van der Waals surface area contributed by atoms with Crippen molar-refractivity contribution in [2.24, 2.45) is 0 Å². The molecule has 1 aliphatic heterocycles.